The Kier molecular flexibility index (Phi) is 9.60. The first kappa shape index (κ1) is 18.8. The van der Waals surface area contributed by atoms with Crippen molar-refractivity contribution in [1.29, 1.82) is 0 Å². The van der Waals surface area contributed by atoms with E-state index in [-0.39, 0.29) is 5.75 Å². The molecule has 0 atom stereocenters. The first-order valence-electron chi connectivity index (χ1n) is 7.08. The summed E-state index contributed by atoms with van der Waals surface area (Å²) in [5, 5.41) is 3.29. The van der Waals surface area contributed by atoms with Crippen molar-refractivity contribution in [2.24, 2.45) is 0 Å². The highest BCUT2D eigenvalue weighted by molar-refractivity contribution is 7.89. The number of hydrogen-bond acceptors (Lipinski definition) is 4. The number of sulfonamides is 1. The fourth-order valence-corrected chi connectivity index (χ4v) is 2.99. The summed E-state index contributed by atoms with van der Waals surface area (Å²) in [5.74, 6) is 0.255. The van der Waals surface area contributed by atoms with Crippen LogP contribution in [0.3, 0.4) is 0 Å². The number of rotatable bonds is 11. The van der Waals surface area contributed by atoms with Crippen LogP contribution in [0.25, 0.3) is 0 Å². The number of nitrogens with zero attached hydrogens (tertiary/aromatic N) is 2. The summed E-state index contributed by atoms with van der Waals surface area (Å²) in [6, 6.07) is 0.463. The molecule has 0 saturated carbocycles. The molecule has 0 aliphatic carbocycles. The largest absolute Gasteiger partial charge is 0.315 e. The summed E-state index contributed by atoms with van der Waals surface area (Å²) >= 11 is 0. The number of nitrogens with one attached hydrogen (secondary N) is 1. The molecular formula is C13H31N3O2S. The van der Waals surface area contributed by atoms with E-state index in [4.69, 9.17) is 0 Å². The molecule has 0 radical (unpaired) electrons. The predicted octanol–water partition coefficient (Wildman–Crippen LogP) is 0.978. The van der Waals surface area contributed by atoms with Crippen LogP contribution in [0.4, 0.5) is 0 Å². The lowest BCUT2D eigenvalue weighted by atomic mass is 10.3. The van der Waals surface area contributed by atoms with Gasteiger partial charge in [-0.3, -0.25) is 0 Å². The van der Waals surface area contributed by atoms with Crippen LogP contribution in [-0.4, -0.2) is 70.2 Å². The van der Waals surface area contributed by atoms with E-state index in [2.05, 4.69) is 24.1 Å². The van der Waals surface area contributed by atoms with Crippen LogP contribution in [0.1, 0.15) is 33.1 Å². The van der Waals surface area contributed by atoms with Crippen molar-refractivity contribution in [3.05, 3.63) is 0 Å². The van der Waals surface area contributed by atoms with Crippen LogP contribution < -0.4 is 5.32 Å². The van der Waals surface area contributed by atoms with Gasteiger partial charge in [-0.25, -0.2) is 12.7 Å². The molecule has 0 aromatic heterocycles. The van der Waals surface area contributed by atoms with E-state index in [0.717, 1.165) is 32.4 Å². The van der Waals surface area contributed by atoms with Crippen molar-refractivity contribution in [3.8, 4) is 0 Å². The summed E-state index contributed by atoms with van der Waals surface area (Å²) in [6.45, 7) is 6.59. The van der Waals surface area contributed by atoms with E-state index in [0.29, 0.717) is 12.6 Å². The zero-order valence-corrected chi connectivity index (χ0v) is 14.0. The van der Waals surface area contributed by atoms with Crippen molar-refractivity contribution >= 4 is 10.0 Å². The van der Waals surface area contributed by atoms with Crippen LogP contribution in [0.5, 0.6) is 0 Å². The minimum Gasteiger partial charge on any atom is -0.315 e. The van der Waals surface area contributed by atoms with E-state index >= 15 is 0 Å². The van der Waals surface area contributed by atoms with E-state index in [1.165, 1.54) is 4.31 Å². The summed E-state index contributed by atoms with van der Waals surface area (Å²) in [5.41, 5.74) is 0. The van der Waals surface area contributed by atoms with Gasteiger partial charge in [0.25, 0.3) is 0 Å². The standard InChI is InChI=1S/C13H31N3O2S/c1-13(2)14-9-6-7-12-19(17,18)16(5)11-8-10-15(3)4/h13-14H,6-12H2,1-5H3. The Labute approximate surface area is 119 Å². The molecule has 0 aromatic rings. The Morgan fingerprint density at radius 3 is 2.16 bits per heavy atom. The average molecular weight is 293 g/mol. The summed E-state index contributed by atoms with van der Waals surface area (Å²) in [7, 11) is 2.60. The van der Waals surface area contributed by atoms with Gasteiger partial charge in [-0.05, 0) is 46.4 Å². The molecule has 0 spiro atoms. The van der Waals surface area contributed by atoms with Crippen molar-refractivity contribution in [3.63, 3.8) is 0 Å². The molecule has 19 heavy (non-hydrogen) atoms. The average Bonchev–Trinajstić information content (AvgIpc) is 2.27. The Bertz CT molecular complexity index is 316. The summed E-state index contributed by atoms with van der Waals surface area (Å²) in [4.78, 5) is 2.07. The van der Waals surface area contributed by atoms with Gasteiger partial charge in [-0.1, -0.05) is 13.8 Å². The maximum atomic E-state index is 12.0. The van der Waals surface area contributed by atoms with Gasteiger partial charge in [0.05, 0.1) is 5.75 Å². The smallest absolute Gasteiger partial charge is 0.213 e. The van der Waals surface area contributed by atoms with Crippen molar-refractivity contribution < 1.29 is 8.42 Å². The third-order valence-electron chi connectivity index (χ3n) is 2.93. The zero-order valence-electron chi connectivity index (χ0n) is 13.1. The highest BCUT2D eigenvalue weighted by Crippen LogP contribution is 2.03. The lowest BCUT2D eigenvalue weighted by Gasteiger charge is -2.18. The molecule has 0 aromatic carbocycles. The lowest BCUT2D eigenvalue weighted by molar-refractivity contribution is 0.370. The number of unbranched alkanes of at least 4 members (excludes halogenated alkanes) is 1. The minimum atomic E-state index is -3.07. The third kappa shape index (κ3) is 10.3. The first-order valence-corrected chi connectivity index (χ1v) is 8.68. The van der Waals surface area contributed by atoms with Gasteiger partial charge in [-0.2, -0.15) is 0 Å². The monoisotopic (exact) mass is 293 g/mol. The molecule has 0 fully saturated rings. The van der Waals surface area contributed by atoms with Crippen LogP contribution in [0.15, 0.2) is 0 Å². The van der Waals surface area contributed by atoms with Gasteiger partial charge in [0.2, 0.25) is 10.0 Å². The Morgan fingerprint density at radius 1 is 1.00 bits per heavy atom. The van der Waals surface area contributed by atoms with Crippen molar-refractivity contribution in [1.82, 2.24) is 14.5 Å². The summed E-state index contributed by atoms with van der Waals surface area (Å²) < 4.78 is 25.5. The highest BCUT2D eigenvalue weighted by atomic mass is 32.2. The van der Waals surface area contributed by atoms with Crippen molar-refractivity contribution in [2.45, 2.75) is 39.2 Å². The van der Waals surface area contributed by atoms with Crippen LogP contribution >= 0.6 is 0 Å². The highest BCUT2D eigenvalue weighted by Gasteiger charge is 2.16. The molecule has 0 heterocycles. The molecule has 0 aliphatic rings. The first-order chi connectivity index (χ1) is 8.75. The minimum absolute atomic E-state index is 0.255. The van der Waals surface area contributed by atoms with Gasteiger partial charge in [0.1, 0.15) is 0 Å². The van der Waals surface area contributed by atoms with Gasteiger partial charge in [-0.15, -0.1) is 0 Å². The maximum absolute atomic E-state index is 12.0. The van der Waals surface area contributed by atoms with E-state index in [1.54, 1.807) is 7.05 Å². The fraction of sp³-hybridized carbons (Fsp3) is 1.00. The normalized spacial score (nSPS) is 12.8. The SMILES string of the molecule is CC(C)NCCCCS(=O)(=O)N(C)CCCN(C)C. The van der Waals surface area contributed by atoms with Gasteiger partial charge in [0, 0.05) is 19.6 Å². The van der Waals surface area contributed by atoms with Gasteiger partial charge in [0.15, 0.2) is 0 Å². The second kappa shape index (κ2) is 9.69. The lowest BCUT2D eigenvalue weighted by Crippen LogP contribution is -2.32. The van der Waals surface area contributed by atoms with E-state index < -0.39 is 10.0 Å². The van der Waals surface area contributed by atoms with Crippen LogP contribution in [-0.2, 0) is 10.0 Å². The van der Waals surface area contributed by atoms with Gasteiger partial charge < -0.3 is 10.2 Å². The maximum Gasteiger partial charge on any atom is 0.213 e. The topological polar surface area (TPSA) is 52.7 Å². The molecule has 6 heteroatoms. The number of hydrogen-bond donors (Lipinski definition) is 1. The van der Waals surface area contributed by atoms with Crippen LogP contribution in [0, 0.1) is 0 Å². The van der Waals surface area contributed by atoms with E-state index in [1.807, 2.05) is 14.1 Å². The molecule has 0 unspecified atom stereocenters. The fourth-order valence-electron chi connectivity index (χ4n) is 1.70. The molecule has 0 amide bonds. The molecule has 0 saturated heterocycles. The molecular weight excluding hydrogens is 262 g/mol. The third-order valence-corrected chi connectivity index (χ3v) is 4.87. The molecule has 0 bridgehead atoms. The zero-order chi connectivity index (χ0) is 14.9. The van der Waals surface area contributed by atoms with Gasteiger partial charge >= 0.3 is 0 Å². The molecule has 0 rings (SSSR count). The van der Waals surface area contributed by atoms with Crippen LogP contribution in [0.2, 0.25) is 0 Å². The second-order valence-electron chi connectivity index (χ2n) is 5.61. The Hall–Kier alpha value is -0.170. The second-order valence-corrected chi connectivity index (χ2v) is 7.81. The predicted molar refractivity (Wildman–Crippen MR) is 82.0 cm³/mol. The Balaban J connectivity index is 3.83. The van der Waals surface area contributed by atoms with Crippen molar-refractivity contribution in [2.75, 3.05) is 46.5 Å². The molecule has 5 nitrogen and oxygen atoms in total. The molecule has 1 N–H and O–H groups in total. The molecule has 0 aliphatic heterocycles. The summed E-state index contributed by atoms with van der Waals surface area (Å²) in [6.07, 6.45) is 2.50. The quantitative estimate of drug-likeness (QED) is 0.577. The molecule has 116 valence electrons. The van der Waals surface area contributed by atoms with E-state index in [9.17, 15) is 8.42 Å². The Morgan fingerprint density at radius 2 is 1.63 bits per heavy atom.